The van der Waals surface area contributed by atoms with E-state index in [1.165, 1.54) is 22.5 Å². The number of benzene rings is 2. The summed E-state index contributed by atoms with van der Waals surface area (Å²) in [7, 11) is 0. The molecule has 0 aliphatic rings. The van der Waals surface area contributed by atoms with Gasteiger partial charge < -0.3 is 9.05 Å². The first kappa shape index (κ1) is 19.0. The van der Waals surface area contributed by atoms with E-state index in [0.29, 0.717) is 11.5 Å². The van der Waals surface area contributed by atoms with Crippen molar-refractivity contribution in [3.05, 3.63) is 58.7 Å². The molecule has 0 saturated heterocycles. The highest BCUT2D eigenvalue weighted by Crippen LogP contribution is 2.61. The second-order valence-corrected chi connectivity index (χ2v) is 10.7. The summed E-state index contributed by atoms with van der Waals surface area (Å²) in [4.78, 5) is 0. The lowest BCUT2D eigenvalue weighted by Crippen LogP contribution is -2.02. The number of hydrogen-bond donors (Lipinski definition) is 0. The Bertz CT molecular complexity index is 714. The third-order valence-corrected chi connectivity index (χ3v) is 7.77. The maximum absolute atomic E-state index is 13.3. The van der Waals surface area contributed by atoms with Crippen LogP contribution in [0.1, 0.15) is 36.1 Å². The minimum absolute atomic E-state index is 0.119. The average Bonchev–Trinajstić information content (AvgIpc) is 2.46. The minimum Gasteiger partial charge on any atom is -0.408 e. The van der Waals surface area contributed by atoms with Crippen molar-refractivity contribution >= 4 is 18.2 Å². The Labute approximate surface area is 149 Å². The van der Waals surface area contributed by atoms with Crippen LogP contribution < -0.4 is 9.05 Å². The molecule has 0 N–H and O–H groups in total. The largest absolute Gasteiger partial charge is 0.493 e. The smallest absolute Gasteiger partial charge is 0.408 e. The summed E-state index contributed by atoms with van der Waals surface area (Å²) in [5.41, 5.74) is 4.53. The molecule has 5 heteroatoms. The number of rotatable bonds is 6. The Kier molecular flexibility index (Phi) is 6.06. The van der Waals surface area contributed by atoms with Crippen LogP contribution in [0, 0.1) is 27.7 Å². The zero-order chi connectivity index (χ0) is 17.9. The van der Waals surface area contributed by atoms with E-state index >= 15 is 0 Å². The van der Waals surface area contributed by atoms with Gasteiger partial charge in [0.05, 0.1) is 0 Å². The molecule has 24 heavy (non-hydrogen) atoms. The van der Waals surface area contributed by atoms with Gasteiger partial charge >= 0.3 is 6.80 Å². The lowest BCUT2D eigenvalue weighted by atomic mass is 10.1. The van der Waals surface area contributed by atoms with Gasteiger partial charge in [-0.2, -0.15) is 0 Å². The van der Waals surface area contributed by atoms with E-state index in [4.69, 9.17) is 9.05 Å². The Morgan fingerprint density at radius 1 is 0.792 bits per heavy atom. The number of aryl methyl sites for hydroxylation is 4. The van der Waals surface area contributed by atoms with Gasteiger partial charge in [0.1, 0.15) is 11.5 Å². The average molecular weight is 364 g/mol. The van der Waals surface area contributed by atoms with Gasteiger partial charge in [-0.15, -0.1) is 0 Å². The summed E-state index contributed by atoms with van der Waals surface area (Å²) in [5.74, 6) is 1.14. The van der Waals surface area contributed by atoms with Crippen LogP contribution >= 0.6 is 18.2 Å². The SMILES string of the molecule is Cc1ccc(OP(=O)(Oc2ccc(C)c(C)c2)SC(C)C)cc1C. The Hall–Kier alpha value is -1.38. The molecule has 0 radical (unpaired) electrons. The minimum atomic E-state index is -3.37. The maximum atomic E-state index is 13.3. The third-order valence-electron chi connectivity index (χ3n) is 3.73. The molecule has 0 fully saturated rings. The Balaban J connectivity index is 2.29. The summed E-state index contributed by atoms with van der Waals surface area (Å²) in [5, 5.41) is 0.119. The molecule has 0 aliphatic carbocycles. The molecule has 2 aromatic rings. The van der Waals surface area contributed by atoms with E-state index < -0.39 is 6.80 Å². The van der Waals surface area contributed by atoms with Gasteiger partial charge in [-0.1, -0.05) is 26.0 Å². The van der Waals surface area contributed by atoms with E-state index in [0.717, 1.165) is 11.1 Å². The van der Waals surface area contributed by atoms with E-state index in [2.05, 4.69) is 0 Å². The van der Waals surface area contributed by atoms with Crippen LogP contribution in [0.5, 0.6) is 11.5 Å². The van der Waals surface area contributed by atoms with E-state index in [1.807, 2.05) is 77.9 Å². The van der Waals surface area contributed by atoms with Crippen molar-refractivity contribution < 1.29 is 13.6 Å². The predicted molar refractivity (Wildman–Crippen MR) is 103 cm³/mol. The van der Waals surface area contributed by atoms with E-state index in [-0.39, 0.29) is 5.25 Å². The third kappa shape index (κ3) is 5.06. The van der Waals surface area contributed by atoms with Crippen LogP contribution in [0.25, 0.3) is 0 Å². The first-order valence-corrected chi connectivity index (χ1v) is 11.0. The zero-order valence-corrected chi connectivity index (χ0v) is 16.8. The monoisotopic (exact) mass is 364 g/mol. The zero-order valence-electron chi connectivity index (χ0n) is 15.1. The second kappa shape index (κ2) is 7.67. The normalized spacial score (nSPS) is 11.6. The molecular formula is C19H25O3PS. The summed E-state index contributed by atoms with van der Waals surface area (Å²) in [6, 6.07) is 11.4. The molecule has 0 spiro atoms. The van der Waals surface area contributed by atoms with Crippen LogP contribution in [0.3, 0.4) is 0 Å². The van der Waals surface area contributed by atoms with Crippen LogP contribution in [-0.2, 0) is 4.57 Å². The molecular weight excluding hydrogens is 339 g/mol. The van der Waals surface area contributed by atoms with Gasteiger partial charge in [-0.05, 0) is 85.6 Å². The first-order chi connectivity index (χ1) is 11.2. The lowest BCUT2D eigenvalue weighted by Gasteiger charge is -2.21. The molecule has 2 rings (SSSR count). The Morgan fingerprint density at radius 2 is 1.21 bits per heavy atom. The highest BCUT2D eigenvalue weighted by atomic mass is 32.7. The van der Waals surface area contributed by atoms with Crippen molar-refractivity contribution in [3.8, 4) is 11.5 Å². The first-order valence-electron chi connectivity index (χ1n) is 8.01. The fourth-order valence-corrected chi connectivity index (χ4v) is 5.83. The molecule has 0 amide bonds. The van der Waals surface area contributed by atoms with E-state index in [9.17, 15) is 4.57 Å². The fraction of sp³-hybridized carbons (Fsp3) is 0.368. The van der Waals surface area contributed by atoms with Crippen molar-refractivity contribution in [2.24, 2.45) is 0 Å². The van der Waals surface area contributed by atoms with Crippen LogP contribution in [0.2, 0.25) is 0 Å². The summed E-state index contributed by atoms with van der Waals surface area (Å²) >= 11 is 1.22. The number of hydrogen-bond acceptors (Lipinski definition) is 4. The summed E-state index contributed by atoms with van der Waals surface area (Å²) < 4.78 is 24.9. The van der Waals surface area contributed by atoms with Gasteiger partial charge in [0, 0.05) is 5.25 Å². The van der Waals surface area contributed by atoms with Gasteiger partial charge in [0.25, 0.3) is 0 Å². The molecule has 0 unspecified atom stereocenters. The molecule has 3 nitrogen and oxygen atoms in total. The predicted octanol–water partition coefficient (Wildman–Crippen LogP) is 6.63. The van der Waals surface area contributed by atoms with Crippen molar-refractivity contribution in [1.29, 1.82) is 0 Å². The van der Waals surface area contributed by atoms with Gasteiger partial charge in [-0.25, -0.2) is 4.57 Å². The van der Waals surface area contributed by atoms with Crippen LogP contribution in [0.4, 0.5) is 0 Å². The van der Waals surface area contributed by atoms with Crippen molar-refractivity contribution in [2.45, 2.75) is 46.8 Å². The molecule has 0 bridgehead atoms. The van der Waals surface area contributed by atoms with Crippen molar-refractivity contribution in [1.82, 2.24) is 0 Å². The van der Waals surface area contributed by atoms with Crippen LogP contribution in [0.15, 0.2) is 36.4 Å². The van der Waals surface area contributed by atoms with Gasteiger partial charge in [0.15, 0.2) is 0 Å². The molecule has 130 valence electrons. The molecule has 2 aromatic carbocycles. The maximum Gasteiger partial charge on any atom is 0.493 e. The molecule has 0 saturated carbocycles. The van der Waals surface area contributed by atoms with Crippen molar-refractivity contribution in [3.63, 3.8) is 0 Å². The second-order valence-electron chi connectivity index (χ2n) is 6.28. The highest BCUT2D eigenvalue weighted by Gasteiger charge is 2.31. The summed E-state index contributed by atoms with van der Waals surface area (Å²) in [6.45, 7) is 8.66. The van der Waals surface area contributed by atoms with Crippen LogP contribution in [-0.4, -0.2) is 5.25 Å². The van der Waals surface area contributed by atoms with E-state index in [1.54, 1.807) is 0 Å². The topological polar surface area (TPSA) is 35.5 Å². The summed E-state index contributed by atoms with van der Waals surface area (Å²) in [6.07, 6.45) is 0. The van der Waals surface area contributed by atoms with Gasteiger partial charge in [0.2, 0.25) is 0 Å². The van der Waals surface area contributed by atoms with Gasteiger partial charge in [-0.3, -0.25) is 0 Å². The molecule has 0 atom stereocenters. The standard InChI is InChI=1S/C19H25O3PS/c1-13(2)24-23(20,21-18-9-7-14(3)16(5)11-18)22-19-10-8-15(4)17(6)12-19/h7-13H,1-6H3. The Morgan fingerprint density at radius 3 is 1.54 bits per heavy atom. The molecule has 0 heterocycles. The highest BCUT2D eigenvalue weighted by molar-refractivity contribution is 8.55. The quantitative estimate of drug-likeness (QED) is 0.539. The molecule has 0 aromatic heterocycles. The van der Waals surface area contributed by atoms with Crippen molar-refractivity contribution in [2.75, 3.05) is 0 Å². The fourth-order valence-electron chi connectivity index (χ4n) is 2.12. The lowest BCUT2D eigenvalue weighted by molar-refractivity contribution is 0.407. The molecule has 0 aliphatic heterocycles.